The van der Waals surface area contributed by atoms with E-state index in [1.165, 1.54) is 6.07 Å². The van der Waals surface area contributed by atoms with Crippen LogP contribution in [0.1, 0.15) is 25.7 Å². The Hall–Kier alpha value is -2.11. The topological polar surface area (TPSA) is 75.5 Å². The van der Waals surface area contributed by atoms with Crippen LogP contribution in [-0.4, -0.2) is 28.9 Å². The van der Waals surface area contributed by atoms with Crippen molar-refractivity contribution in [3.63, 3.8) is 0 Å². The highest BCUT2D eigenvalue weighted by molar-refractivity contribution is 5.91. The summed E-state index contributed by atoms with van der Waals surface area (Å²) in [6, 6.07) is 5.94. The van der Waals surface area contributed by atoms with Crippen LogP contribution in [0.25, 0.3) is 0 Å². The Balaban J connectivity index is 2.07. The van der Waals surface area contributed by atoms with Crippen molar-refractivity contribution < 1.29 is 9.72 Å². The van der Waals surface area contributed by atoms with E-state index in [9.17, 15) is 14.9 Å². The lowest BCUT2D eigenvalue weighted by Gasteiger charge is -2.20. The third kappa shape index (κ3) is 3.43. The molecular weight excluding hydrogens is 246 g/mol. The summed E-state index contributed by atoms with van der Waals surface area (Å²) in [5.74, 6) is 0. The SMILES string of the molecule is O=C(Nc1ccccc1[N+](=O)[O-])N1CCCCCC1. The number of nitro groups is 1. The third-order valence-corrected chi connectivity index (χ3v) is 3.24. The lowest BCUT2D eigenvalue weighted by Crippen LogP contribution is -2.35. The predicted molar refractivity (Wildman–Crippen MR) is 72.2 cm³/mol. The number of nitrogens with one attached hydrogen (secondary N) is 1. The fourth-order valence-electron chi connectivity index (χ4n) is 2.21. The van der Waals surface area contributed by atoms with E-state index in [-0.39, 0.29) is 17.4 Å². The zero-order valence-electron chi connectivity index (χ0n) is 10.7. The van der Waals surface area contributed by atoms with Crippen molar-refractivity contribution in [1.29, 1.82) is 0 Å². The molecule has 0 atom stereocenters. The molecule has 2 rings (SSSR count). The summed E-state index contributed by atoms with van der Waals surface area (Å²) in [6.07, 6.45) is 4.25. The predicted octanol–water partition coefficient (Wildman–Crippen LogP) is 3.00. The van der Waals surface area contributed by atoms with E-state index in [1.807, 2.05) is 0 Å². The normalized spacial score (nSPS) is 15.7. The van der Waals surface area contributed by atoms with Gasteiger partial charge >= 0.3 is 6.03 Å². The molecule has 0 radical (unpaired) electrons. The largest absolute Gasteiger partial charge is 0.325 e. The van der Waals surface area contributed by atoms with Gasteiger partial charge in [0.2, 0.25) is 0 Å². The van der Waals surface area contributed by atoms with Crippen LogP contribution in [0.4, 0.5) is 16.2 Å². The number of para-hydroxylation sites is 2. The van der Waals surface area contributed by atoms with E-state index in [0.717, 1.165) is 25.7 Å². The highest BCUT2D eigenvalue weighted by Gasteiger charge is 2.19. The van der Waals surface area contributed by atoms with Gasteiger partial charge in [-0.3, -0.25) is 10.1 Å². The number of carbonyl (C=O) groups is 1. The quantitative estimate of drug-likeness (QED) is 0.658. The minimum absolute atomic E-state index is 0.0781. The summed E-state index contributed by atoms with van der Waals surface area (Å²) in [6.45, 7) is 1.43. The van der Waals surface area contributed by atoms with Gasteiger partial charge in [0, 0.05) is 19.2 Å². The van der Waals surface area contributed by atoms with Crippen molar-refractivity contribution in [1.82, 2.24) is 4.90 Å². The smallest absolute Gasteiger partial charge is 0.322 e. The Morgan fingerprint density at radius 3 is 2.42 bits per heavy atom. The molecule has 0 unspecified atom stereocenters. The lowest BCUT2D eigenvalue weighted by atomic mass is 10.2. The molecule has 6 heteroatoms. The van der Waals surface area contributed by atoms with Crippen molar-refractivity contribution in [3.8, 4) is 0 Å². The first kappa shape index (κ1) is 13.3. The maximum Gasteiger partial charge on any atom is 0.322 e. The number of hydrogen-bond acceptors (Lipinski definition) is 3. The van der Waals surface area contributed by atoms with Gasteiger partial charge in [-0.05, 0) is 18.9 Å². The molecule has 0 saturated carbocycles. The van der Waals surface area contributed by atoms with Crippen LogP contribution < -0.4 is 5.32 Å². The van der Waals surface area contributed by atoms with Crippen LogP contribution >= 0.6 is 0 Å². The number of urea groups is 1. The number of hydrogen-bond donors (Lipinski definition) is 1. The van der Waals surface area contributed by atoms with E-state index in [0.29, 0.717) is 13.1 Å². The van der Waals surface area contributed by atoms with Crippen molar-refractivity contribution >= 4 is 17.4 Å². The van der Waals surface area contributed by atoms with Crippen molar-refractivity contribution in [3.05, 3.63) is 34.4 Å². The second-order valence-electron chi connectivity index (χ2n) is 4.61. The fourth-order valence-corrected chi connectivity index (χ4v) is 2.21. The molecule has 6 nitrogen and oxygen atoms in total. The van der Waals surface area contributed by atoms with Crippen LogP contribution in [0.5, 0.6) is 0 Å². The number of anilines is 1. The van der Waals surface area contributed by atoms with Gasteiger partial charge in [0.25, 0.3) is 5.69 Å². The van der Waals surface area contributed by atoms with Crippen molar-refractivity contribution in [2.24, 2.45) is 0 Å². The van der Waals surface area contributed by atoms with Gasteiger partial charge in [-0.15, -0.1) is 0 Å². The molecule has 1 heterocycles. The number of nitro benzene ring substituents is 1. The van der Waals surface area contributed by atoms with E-state index < -0.39 is 4.92 Å². The average Bonchev–Trinajstić information content (AvgIpc) is 2.68. The maximum atomic E-state index is 12.1. The standard InChI is InChI=1S/C13H17N3O3/c17-13(15-9-5-1-2-6-10-15)14-11-7-3-4-8-12(11)16(18)19/h3-4,7-8H,1-2,5-6,9-10H2,(H,14,17). The molecule has 2 amide bonds. The van der Waals surface area contributed by atoms with Gasteiger partial charge in [0.05, 0.1) is 4.92 Å². The molecule has 1 aliphatic heterocycles. The van der Waals surface area contributed by atoms with Gasteiger partial charge in [-0.25, -0.2) is 4.79 Å². The highest BCUT2D eigenvalue weighted by atomic mass is 16.6. The van der Waals surface area contributed by atoms with Crippen molar-refractivity contribution in [2.75, 3.05) is 18.4 Å². The maximum absolute atomic E-state index is 12.1. The molecule has 1 fully saturated rings. The minimum atomic E-state index is -0.488. The number of carbonyl (C=O) groups excluding carboxylic acids is 1. The monoisotopic (exact) mass is 263 g/mol. The van der Waals surface area contributed by atoms with Gasteiger partial charge in [0.15, 0.2) is 0 Å². The number of likely N-dealkylation sites (tertiary alicyclic amines) is 1. The molecule has 0 spiro atoms. The zero-order valence-corrected chi connectivity index (χ0v) is 10.7. The van der Waals surface area contributed by atoms with Gasteiger partial charge < -0.3 is 10.2 Å². The fraction of sp³-hybridized carbons (Fsp3) is 0.462. The zero-order chi connectivity index (χ0) is 13.7. The van der Waals surface area contributed by atoms with E-state index in [1.54, 1.807) is 23.1 Å². The summed E-state index contributed by atoms with van der Waals surface area (Å²) < 4.78 is 0. The molecule has 1 N–H and O–H groups in total. The van der Waals surface area contributed by atoms with Crippen LogP contribution in [0.3, 0.4) is 0 Å². The molecule has 1 aromatic carbocycles. The Morgan fingerprint density at radius 2 is 1.79 bits per heavy atom. The summed E-state index contributed by atoms with van der Waals surface area (Å²) in [5, 5.41) is 13.5. The Bertz CT molecular complexity index is 468. The average molecular weight is 263 g/mol. The van der Waals surface area contributed by atoms with E-state index in [2.05, 4.69) is 5.32 Å². The molecule has 1 aliphatic rings. The van der Waals surface area contributed by atoms with E-state index >= 15 is 0 Å². The minimum Gasteiger partial charge on any atom is -0.325 e. The molecule has 0 aliphatic carbocycles. The van der Waals surface area contributed by atoms with Crippen LogP contribution in [0.15, 0.2) is 24.3 Å². The first-order chi connectivity index (χ1) is 9.18. The molecule has 0 bridgehead atoms. The Kier molecular flexibility index (Phi) is 4.33. The first-order valence-electron chi connectivity index (χ1n) is 6.48. The molecule has 1 aromatic rings. The number of amides is 2. The Morgan fingerprint density at radius 1 is 1.16 bits per heavy atom. The van der Waals surface area contributed by atoms with Crippen molar-refractivity contribution in [2.45, 2.75) is 25.7 Å². The molecule has 102 valence electrons. The molecule has 1 saturated heterocycles. The summed E-state index contributed by atoms with van der Waals surface area (Å²) in [4.78, 5) is 24.2. The third-order valence-electron chi connectivity index (χ3n) is 3.24. The first-order valence-corrected chi connectivity index (χ1v) is 6.48. The van der Waals surface area contributed by atoms with Crippen LogP contribution in [-0.2, 0) is 0 Å². The van der Waals surface area contributed by atoms with Gasteiger partial charge in [0.1, 0.15) is 5.69 Å². The Labute approximate surface area is 111 Å². The summed E-state index contributed by atoms with van der Waals surface area (Å²) in [7, 11) is 0. The van der Waals surface area contributed by atoms with Gasteiger partial charge in [-0.2, -0.15) is 0 Å². The number of benzene rings is 1. The number of rotatable bonds is 2. The van der Waals surface area contributed by atoms with Crippen LogP contribution in [0.2, 0.25) is 0 Å². The second-order valence-corrected chi connectivity index (χ2v) is 4.61. The number of nitrogens with zero attached hydrogens (tertiary/aromatic N) is 2. The van der Waals surface area contributed by atoms with Gasteiger partial charge in [-0.1, -0.05) is 25.0 Å². The second kappa shape index (κ2) is 6.17. The van der Waals surface area contributed by atoms with E-state index in [4.69, 9.17) is 0 Å². The summed E-state index contributed by atoms with van der Waals surface area (Å²) in [5.41, 5.74) is 0.174. The summed E-state index contributed by atoms with van der Waals surface area (Å²) >= 11 is 0. The molecular formula is C13H17N3O3. The lowest BCUT2D eigenvalue weighted by molar-refractivity contribution is -0.383. The highest BCUT2D eigenvalue weighted by Crippen LogP contribution is 2.23. The molecule has 19 heavy (non-hydrogen) atoms. The van der Waals surface area contributed by atoms with Crippen LogP contribution in [0, 0.1) is 10.1 Å². The molecule has 0 aromatic heterocycles.